The van der Waals surface area contributed by atoms with Crippen LogP contribution in [0.25, 0.3) is 6.08 Å². The van der Waals surface area contributed by atoms with Gasteiger partial charge in [0.2, 0.25) is 0 Å². The molecular weight excluding hydrogens is 180 g/mol. The van der Waals surface area contributed by atoms with Crippen molar-refractivity contribution in [1.29, 1.82) is 0 Å². The molecule has 0 unspecified atom stereocenters. The SMILES string of the molecule is CC(=O)/C=C/c1ccc(Cl)s1. The van der Waals surface area contributed by atoms with Crippen molar-refractivity contribution < 1.29 is 4.79 Å². The van der Waals surface area contributed by atoms with E-state index in [1.165, 1.54) is 24.3 Å². The number of hydrogen-bond acceptors (Lipinski definition) is 2. The number of carbonyl (C=O) groups excluding carboxylic acids is 1. The summed E-state index contributed by atoms with van der Waals surface area (Å²) in [6, 6.07) is 3.69. The molecule has 0 spiro atoms. The Bertz CT molecular complexity index is 288. The van der Waals surface area contributed by atoms with Crippen LogP contribution in [0.5, 0.6) is 0 Å². The van der Waals surface area contributed by atoms with Gasteiger partial charge in [-0.2, -0.15) is 0 Å². The number of halogens is 1. The fraction of sp³-hybridized carbons (Fsp3) is 0.125. The zero-order valence-electron chi connectivity index (χ0n) is 6.00. The average Bonchev–Trinajstić information content (AvgIpc) is 2.31. The van der Waals surface area contributed by atoms with Gasteiger partial charge in [0.1, 0.15) is 0 Å². The highest BCUT2D eigenvalue weighted by atomic mass is 35.5. The van der Waals surface area contributed by atoms with E-state index in [0.717, 1.165) is 9.21 Å². The highest BCUT2D eigenvalue weighted by molar-refractivity contribution is 7.17. The fourth-order valence-corrected chi connectivity index (χ4v) is 1.58. The Labute approximate surface area is 74.3 Å². The lowest BCUT2D eigenvalue weighted by Crippen LogP contribution is -1.77. The van der Waals surface area contributed by atoms with Crippen LogP contribution < -0.4 is 0 Å². The van der Waals surface area contributed by atoms with Gasteiger partial charge in [-0.15, -0.1) is 11.3 Å². The molecule has 1 rings (SSSR count). The topological polar surface area (TPSA) is 17.1 Å². The van der Waals surface area contributed by atoms with Crippen LogP contribution in [0.2, 0.25) is 4.34 Å². The quantitative estimate of drug-likeness (QED) is 0.649. The highest BCUT2D eigenvalue weighted by Gasteiger charge is 1.92. The van der Waals surface area contributed by atoms with Crippen molar-refractivity contribution in [3.8, 4) is 0 Å². The molecule has 11 heavy (non-hydrogen) atoms. The molecule has 0 amide bonds. The molecule has 1 heterocycles. The monoisotopic (exact) mass is 186 g/mol. The molecule has 1 aromatic heterocycles. The molecule has 0 fully saturated rings. The maximum absolute atomic E-state index is 10.5. The Hall–Kier alpha value is -0.600. The van der Waals surface area contributed by atoms with Crippen LogP contribution in [-0.4, -0.2) is 5.78 Å². The number of rotatable bonds is 2. The van der Waals surface area contributed by atoms with Crippen LogP contribution in [0.1, 0.15) is 11.8 Å². The predicted molar refractivity (Wildman–Crippen MR) is 49.0 cm³/mol. The van der Waals surface area contributed by atoms with Gasteiger partial charge >= 0.3 is 0 Å². The minimum atomic E-state index is 0.0505. The summed E-state index contributed by atoms with van der Waals surface area (Å²) >= 11 is 7.13. The molecule has 1 aromatic rings. The van der Waals surface area contributed by atoms with Gasteiger partial charge in [-0.3, -0.25) is 4.79 Å². The predicted octanol–water partition coefficient (Wildman–Crippen LogP) is 3.00. The third-order valence-electron chi connectivity index (χ3n) is 1.08. The first-order chi connectivity index (χ1) is 5.18. The zero-order valence-corrected chi connectivity index (χ0v) is 7.58. The van der Waals surface area contributed by atoms with E-state index < -0.39 is 0 Å². The molecule has 58 valence electrons. The first-order valence-corrected chi connectivity index (χ1v) is 4.32. The highest BCUT2D eigenvalue weighted by Crippen LogP contribution is 2.22. The third-order valence-corrected chi connectivity index (χ3v) is 2.27. The molecule has 0 radical (unpaired) electrons. The third kappa shape index (κ3) is 2.87. The van der Waals surface area contributed by atoms with Gasteiger partial charge in [0.05, 0.1) is 4.34 Å². The first kappa shape index (κ1) is 8.50. The normalized spacial score (nSPS) is 10.7. The largest absolute Gasteiger partial charge is 0.295 e. The Morgan fingerprint density at radius 1 is 1.64 bits per heavy atom. The molecule has 0 aromatic carbocycles. The van der Waals surface area contributed by atoms with Crippen LogP contribution in [0, 0.1) is 0 Å². The second-order valence-electron chi connectivity index (χ2n) is 2.09. The summed E-state index contributed by atoms with van der Waals surface area (Å²) in [7, 11) is 0. The van der Waals surface area contributed by atoms with Gasteiger partial charge in [0.15, 0.2) is 5.78 Å². The minimum Gasteiger partial charge on any atom is -0.295 e. The maximum atomic E-state index is 10.5. The van der Waals surface area contributed by atoms with Gasteiger partial charge in [-0.05, 0) is 31.2 Å². The molecule has 0 atom stereocenters. The molecule has 0 aliphatic heterocycles. The van der Waals surface area contributed by atoms with E-state index in [0.29, 0.717) is 0 Å². The van der Waals surface area contributed by atoms with Gasteiger partial charge in [0.25, 0.3) is 0 Å². The van der Waals surface area contributed by atoms with Crippen molar-refractivity contribution in [2.24, 2.45) is 0 Å². The second-order valence-corrected chi connectivity index (χ2v) is 3.83. The molecule has 0 aliphatic rings. The van der Waals surface area contributed by atoms with E-state index in [1.54, 1.807) is 6.08 Å². The van der Waals surface area contributed by atoms with Gasteiger partial charge in [-0.1, -0.05) is 11.6 Å². The molecule has 3 heteroatoms. The standard InChI is InChI=1S/C8H7ClOS/c1-6(10)2-3-7-4-5-8(9)11-7/h2-5H,1H3/b3-2+. The van der Waals surface area contributed by atoms with Gasteiger partial charge in [-0.25, -0.2) is 0 Å². The zero-order chi connectivity index (χ0) is 8.27. The van der Waals surface area contributed by atoms with Crippen LogP contribution in [0.3, 0.4) is 0 Å². The molecule has 0 aliphatic carbocycles. The molecule has 0 bridgehead atoms. The number of ketones is 1. The number of allylic oxidation sites excluding steroid dienone is 1. The van der Waals surface area contributed by atoms with E-state index in [-0.39, 0.29) is 5.78 Å². The summed E-state index contributed by atoms with van der Waals surface area (Å²) in [5.74, 6) is 0.0505. The lowest BCUT2D eigenvalue weighted by Gasteiger charge is -1.79. The van der Waals surface area contributed by atoms with Crippen molar-refractivity contribution in [2.45, 2.75) is 6.92 Å². The van der Waals surface area contributed by atoms with E-state index in [1.807, 2.05) is 12.1 Å². The van der Waals surface area contributed by atoms with Crippen LogP contribution in [0.4, 0.5) is 0 Å². The number of carbonyl (C=O) groups is 1. The van der Waals surface area contributed by atoms with E-state index in [9.17, 15) is 4.79 Å². The summed E-state index contributed by atoms with van der Waals surface area (Å²) in [4.78, 5) is 11.5. The summed E-state index contributed by atoms with van der Waals surface area (Å²) in [5.41, 5.74) is 0. The maximum Gasteiger partial charge on any atom is 0.152 e. The van der Waals surface area contributed by atoms with Crippen LogP contribution in [0.15, 0.2) is 18.2 Å². The summed E-state index contributed by atoms with van der Waals surface area (Å²) in [6.45, 7) is 1.52. The number of thiophene rings is 1. The second kappa shape index (κ2) is 3.69. The Kier molecular flexibility index (Phi) is 2.85. The molecule has 1 nitrogen and oxygen atoms in total. The molecule has 0 N–H and O–H groups in total. The fourth-order valence-electron chi connectivity index (χ4n) is 0.617. The minimum absolute atomic E-state index is 0.0505. The average molecular weight is 187 g/mol. The van der Waals surface area contributed by atoms with Crippen molar-refractivity contribution in [2.75, 3.05) is 0 Å². The Morgan fingerprint density at radius 2 is 2.36 bits per heavy atom. The van der Waals surface area contributed by atoms with Crippen molar-refractivity contribution in [3.05, 3.63) is 27.4 Å². The van der Waals surface area contributed by atoms with Gasteiger partial charge in [0, 0.05) is 4.88 Å². The van der Waals surface area contributed by atoms with Gasteiger partial charge < -0.3 is 0 Å². The molecular formula is C8H7ClOS. The van der Waals surface area contributed by atoms with E-state index >= 15 is 0 Å². The van der Waals surface area contributed by atoms with Crippen molar-refractivity contribution >= 4 is 34.8 Å². The van der Waals surface area contributed by atoms with E-state index in [2.05, 4.69) is 0 Å². The van der Waals surface area contributed by atoms with Crippen LogP contribution in [-0.2, 0) is 4.79 Å². The van der Waals surface area contributed by atoms with Crippen LogP contribution >= 0.6 is 22.9 Å². The smallest absolute Gasteiger partial charge is 0.152 e. The molecule has 0 saturated heterocycles. The van der Waals surface area contributed by atoms with E-state index in [4.69, 9.17) is 11.6 Å². The lowest BCUT2D eigenvalue weighted by atomic mass is 10.3. The Morgan fingerprint density at radius 3 is 2.82 bits per heavy atom. The molecule has 0 saturated carbocycles. The Balaban J connectivity index is 2.71. The number of hydrogen-bond donors (Lipinski definition) is 0. The van der Waals surface area contributed by atoms with Crippen molar-refractivity contribution in [1.82, 2.24) is 0 Å². The lowest BCUT2D eigenvalue weighted by molar-refractivity contribution is -0.112. The first-order valence-electron chi connectivity index (χ1n) is 3.12. The summed E-state index contributed by atoms with van der Waals surface area (Å²) < 4.78 is 0.744. The summed E-state index contributed by atoms with van der Waals surface area (Å²) in [6.07, 6.45) is 3.29. The van der Waals surface area contributed by atoms with Crippen molar-refractivity contribution in [3.63, 3.8) is 0 Å². The summed E-state index contributed by atoms with van der Waals surface area (Å²) in [5, 5.41) is 0.